The Morgan fingerprint density at radius 3 is 2.25 bits per heavy atom. The van der Waals surface area contributed by atoms with E-state index in [4.69, 9.17) is 17.2 Å². The molecular weight excluding hydrogens is 534 g/mol. The minimum atomic E-state index is -1.67. The van der Waals surface area contributed by atoms with Gasteiger partial charge in [-0.2, -0.15) is 0 Å². The summed E-state index contributed by atoms with van der Waals surface area (Å²) >= 11 is 0. The number of hydrogen-bond donors (Lipinski definition) is 10. The molecule has 18 heteroatoms. The summed E-state index contributed by atoms with van der Waals surface area (Å²) in [4.78, 5) is 88.5. The van der Waals surface area contributed by atoms with Crippen molar-refractivity contribution in [2.24, 2.45) is 17.2 Å². The molecule has 0 bridgehead atoms. The number of aliphatic carboxylic acids is 1. The zero-order valence-electron chi connectivity index (χ0n) is 21.9. The van der Waals surface area contributed by atoms with E-state index in [0.29, 0.717) is 32.1 Å². The van der Waals surface area contributed by atoms with Gasteiger partial charge in [0.2, 0.25) is 29.5 Å². The minimum absolute atomic E-state index is 0.0282. The summed E-state index contributed by atoms with van der Waals surface area (Å²) in [7, 11) is 0. The van der Waals surface area contributed by atoms with Crippen LogP contribution in [0.2, 0.25) is 0 Å². The quantitative estimate of drug-likeness (QED) is 0.0336. The van der Waals surface area contributed by atoms with E-state index in [1.165, 1.54) is 4.90 Å². The average Bonchev–Trinajstić information content (AvgIpc) is 3.39. The molecule has 1 aliphatic heterocycles. The Balaban J connectivity index is 2.79. The number of aliphatic hydroxyl groups is 1. The first kappa shape index (κ1) is 33.7. The van der Waals surface area contributed by atoms with Gasteiger partial charge in [0.05, 0.1) is 38.7 Å². The van der Waals surface area contributed by atoms with Crippen molar-refractivity contribution in [1.29, 1.82) is 0 Å². The first-order valence-electron chi connectivity index (χ1n) is 12.5. The van der Waals surface area contributed by atoms with E-state index in [-0.39, 0.29) is 25.5 Å². The van der Waals surface area contributed by atoms with E-state index in [0.717, 1.165) is 0 Å². The van der Waals surface area contributed by atoms with E-state index >= 15 is 0 Å². The zero-order valence-corrected chi connectivity index (χ0v) is 21.9. The molecule has 1 aliphatic rings. The number of carboxylic acids is 1. The topological polar surface area (TPSA) is 303 Å². The van der Waals surface area contributed by atoms with Crippen molar-refractivity contribution in [3.8, 4) is 0 Å². The Morgan fingerprint density at radius 2 is 1.68 bits per heavy atom. The van der Waals surface area contributed by atoms with Crippen LogP contribution in [0.5, 0.6) is 0 Å². The normalized spacial score (nSPS) is 16.6. The van der Waals surface area contributed by atoms with Gasteiger partial charge in [-0.1, -0.05) is 0 Å². The van der Waals surface area contributed by atoms with Crippen LogP contribution >= 0.6 is 0 Å². The minimum Gasteiger partial charge on any atom is -0.481 e. The largest absolute Gasteiger partial charge is 0.481 e. The molecule has 4 atom stereocenters. The average molecular weight is 573 g/mol. The van der Waals surface area contributed by atoms with Gasteiger partial charge >= 0.3 is 11.9 Å². The predicted octanol–water partition coefficient (Wildman–Crippen LogP) is -7.69. The maximum Gasteiger partial charge on any atom is 0.338 e. The number of hydrogen-bond acceptors (Lipinski definition) is 9. The Labute approximate surface area is 229 Å². The molecule has 5 amide bonds. The van der Waals surface area contributed by atoms with Crippen LogP contribution in [0.15, 0.2) is 0 Å². The number of aliphatic hydroxyl groups excluding tert-OH is 1. The number of amides is 5. The third-order valence-electron chi connectivity index (χ3n) is 5.83. The highest BCUT2D eigenvalue weighted by Crippen LogP contribution is 2.16. The molecule has 1 heterocycles. The second kappa shape index (κ2) is 17.3. The molecule has 0 aromatic heterocycles. The molecule has 1 saturated heterocycles. The van der Waals surface area contributed by atoms with Crippen LogP contribution in [0.1, 0.15) is 32.1 Å². The Kier molecular flexibility index (Phi) is 14.6. The van der Waals surface area contributed by atoms with Gasteiger partial charge in [0.25, 0.3) is 0 Å². The number of guanidine groups is 1. The number of carbonyl (C=O) groups excluding carboxylic acids is 6. The molecule has 0 radical (unpaired) electrons. The number of rotatable bonds is 17. The van der Waals surface area contributed by atoms with Crippen LogP contribution in [0.25, 0.3) is 0 Å². The number of nitrogens with zero attached hydrogens (tertiary/aromatic N) is 1. The molecule has 1 rings (SSSR count). The summed E-state index contributed by atoms with van der Waals surface area (Å²) in [5.41, 5.74) is 15.9. The molecule has 0 unspecified atom stereocenters. The molecule has 0 saturated carbocycles. The molecule has 18 nitrogen and oxygen atoms in total. The molecule has 224 valence electrons. The highest BCUT2D eigenvalue weighted by atomic mass is 16.4. The molecule has 1 fully saturated rings. The van der Waals surface area contributed by atoms with Gasteiger partial charge in [-0.15, -0.1) is 0 Å². The number of carboxylic acid groups (broad SMARTS) is 1. The number of aldehydes is 1. The van der Waals surface area contributed by atoms with Crippen LogP contribution in [-0.2, 0) is 33.6 Å². The van der Waals surface area contributed by atoms with Crippen molar-refractivity contribution in [1.82, 2.24) is 26.2 Å². The lowest BCUT2D eigenvalue weighted by atomic mass is 10.1. The van der Waals surface area contributed by atoms with Crippen molar-refractivity contribution in [2.75, 3.05) is 32.8 Å². The van der Waals surface area contributed by atoms with E-state index in [2.05, 4.69) is 26.3 Å². The van der Waals surface area contributed by atoms with Crippen molar-refractivity contribution in [3.63, 3.8) is 0 Å². The Morgan fingerprint density at radius 1 is 1.00 bits per heavy atom. The van der Waals surface area contributed by atoms with Crippen molar-refractivity contribution in [3.05, 3.63) is 0 Å². The van der Waals surface area contributed by atoms with E-state index < -0.39 is 79.2 Å². The standard InChI is InChI=1S/C22H37N9O9/c23-8-16(34)28-13(4-1-5-26-22(24)25)19(38)27-9-17(35)29-14(7-18(36)37)20(39)30-15(11-33)21(40)31-6-2-3-12(31)10-32/h10,12-15,33H,1-9,11,23H2,(H,27,38)(H,28,34)(H,29,35)(H,30,39)(H,36,37)(H4,24,25,26)/p+1/t12-,13-,14-,15-/m0/s1. The summed E-state index contributed by atoms with van der Waals surface area (Å²) in [6.45, 7) is -1.37. The SMILES string of the molecule is NCC(=O)N[C@@H](CCC[NH+]=C(N)N)C(=O)NCC(=O)N[C@@H](CC(=O)O)C(=O)N[C@@H](CO)C(=O)N1CCC[C@H]1C=O. The smallest absolute Gasteiger partial charge is 0.338 e. The van der Waals surface area contributed by atoms with Crippen LogP contribution in [-0.4, -0.2) is 120 Å². The third-order valence-corrected chi connectivity index (χ3v) is 5.83. The first-order chi connectivity index (χ1) is 18.9. The van der Waals surface area contributed by atoms with Crippen molar-refractivity contribution < 1.29 is 48.8 Å². The lowest BCUT2D eigenvalue weighted by molar-refractivity contribution is -0.459. The fraction of sp³-hybridized carbons (Fsp3) is 0.636. The molecule has 0 aromatic carbocycles. The third kappa shape index (κ3) is 11.6. The van der Waals surface area contributed by atoms with Gasteiger partial charge in [-0.25, -0.2) is 0 Å². The van der Waals surface area contributed by atoms with Crippen molar-refractivity contribution >= 4 is 47.8 Å². The van der Waals surface area contributed by atoms with Crippen LogP contribution in [0.3, 0.4) is 0 Å². The summed E-state index contributed by atoms with van der Waals surface area (Å²) in [5, 5.41) is 27.9. The van der Waals surface area contributed by atoms with Crippen LogP contribution in [0, 0.1) is 0 Å². The fourth-order valence-electron chi connectivity index (χ4n) is 3.85. The predicted molar refractivity (Wildman–Crippen MR) is 136 cm³/mol. The van der Waals surface area contributed by atoms with Gasteiger partial charge in [-0.05, 0) is 25.7 Å². The molecule has 13 N–H and O–H groups in total. The zero-order chi connectivity index (χ0) is 30.2. The number of carbonyl (C=O) groups is 7. The lowest BCUT2D eigenvalue weighted by Gasteiger charge is -2.27. The van der Waals surface area contributed by atoms with Crippen LogP contribution in [0.4, 0.5) is 0 Å². The summed E-state index contributed by atoms with van der Waals surface area (Å²) in [6, 6.07) is -4.92. The van der Waals surface area contributed by atoms with Crippen molar-refractivity contribution in [2.45, 2.75) is 56.3 Å². The molecule has 0 aromatic rings. The van der Waals surface area contributed by atoms with Gasteiger partial charge in [-0.3, -0.25) is 45.2 Å². The summed E-state index contributed by atoms with van der Waals surface area (Å²) in [6.07, 6.45) is 1.17. The molecular formula is C22H38N9O9+. The number of likely N-dealkylation sites (tertiary alicyclic amines) is 1. The second-order valence-electron chi connectivity index (χ2n) is 8.91. The van der Waals surface area contributed by atoms with Gasteiger partial charge < -0.3 is 46.9 Å². The highest BCUT2D eigenvalue weighted by molar-refractivity contribution is 5.96. The van der Waals surface area contributed by atoms with E-state index in [1.807, 2.05) is 0 Å². The molecule has 0 spiro atoms. The Hall–Kier alpha value is -4.32. The maximum absolute atomic E-state index is 12.7. The highest BCUT2D eigenvalue weighted by Gasteiger charge is 2.35. The molecule has 40 heavy (non-hydrogen) atoms. The lowest BCUT2D eigenvalue weighted by Crippen LogP contribution is -2.78. The second-order valence-corrected chi connectivity index (χ2v) is 8.91. The monoisotopic (exact) mass is 572 g/mol. The van der Waals surface area contributed by atoms with E-state index in [1.54, 1.807) is 0 Å². The molecule has 0 aliphatic carbocycles. The van der Waals surface area contributed by atoms with E-state index in [9.17, 15) is 43.8 Å². The van der Waals surface area contributed by atoms with Gasteiger partial charge in [0.15, 0.2) is 0 Å². The maximum atomic E-state index is 12.7. The first-order valence-corrected chi connectivity index (χ1v) is 12.5. The van der Waals surface area contributed by atoms with Gasteiger partial charge in [0.1, 0.15) is 24.4 Å². The summed E-state index contributed by atoms with van der Waals surface area (Å²) < 4.78 is 0. The summed E-state index contributed by atoms with van der Waals surface area (Å²) in [5.74, 6) is -5.61. The van der Waals surface area contributed by atoms with Crippen LogP contribution < -0.4 is 43.5 Å². The van der Waals surface area contributed by atoms with Gasteiger partial charge in [0, 0.05) is 6.54 Å². The fourth-order valence-corrected chi connectivity index (χ4v) is 3.85. The Bertz CT molecular complexity index is 971. The number of nitrogens with two attached hydrogens (primary N) is 3. The number of nitrogens with one attached hydrogen (secondary N) is 5.